The molecule has 1 saturated heterocycles. The van der Waals surface area contributed by atoms with E-state index >= 15 is 0 Å². The molecule has 2 atom stereocenters. The second-order valence-electron chi connectivity index (χ2n) is 6.06. The molecular formula is C17H22N2O3. The van der Waals surface area contributed by atoms with E-state index in [1.165, 1.54) is 0 Å². The van der Waals surface area contributed by atoms with Crippen molar-refractivity contribution in [1.29, 1.82) is 0 Å². The average molecular weight is 302 g/mol. The predicted octanol–water partition coefficient (Wildman–Crippen LogP) is 3.40. The van der Waals surface area contributed by atoms with Crippen molar-refractivity contribution in [1.82, 2.24) is 10.1 Å². The number of methoxy groups -OCH3 is 1. The highest BCUT2D eigenvalue weighted by atomic mass is 16.5. The fourth-order valence-corrected chi connectivity index (χ4v) is 2.92. The molecule has 1 aromatic carbocycles. The van der Waals surface area contributed by atoms with Gasteiger partial charge in [-0.05, 0) is 36.0 Å². The van der Waals surface area contributed by atoms with Gasteiger partial charge in [-0.15, -0.1) is 0 Å². The highest BCUT2D eigenvalue weighted by Gasteiger charge is 2.35. The molecule has 2 aromatic rings. The van der Waals surface area contributed by atoms with E-state index in [1.54, 1.807) is 7.11 Å². The maximum atomic E-state index is 5.79. The van der Waals surface area contributed by atoms with Crippen molar-refractivity contribution < 1.29 is 14.0 Å². The zero-order valence-corrected chi connectivity index (χ0v) is 13.3. The molecule has 0 spiro atoms. The minimum Gasteiger partial charge on any atom is -0.497 e. The first-order chi connectivity index (χ1) is 10.7. The lowest BCUT2D eigenvalue weighted by Crippen LogP contribution is -2.14. The summed E-state index contributed by atoms with van der Waals surface area (Å²) >= 11 is 0. The van der Waals surface area contributed by atoms with E-state index in [-0.39, 0.29) is 6.10 Å². The number of hydrogen-bond donors (Lipinski definition) is 0. The van der Waals surface area contributed by atoms with E-state index in [4.69, 9.17) is 14.0 Å². The Morgan fingerprint density at radius 1 is 1.27 bits per heavy atom. The van der Waals surface area contributed by atoms with Crippen LogP contribution in [0.5, 0.6) is 5.75 Å². The Bertz CT molecular complexity index is 607. The molecule has 1 aromatic heterocycles. The molecule has 0 N–H and O–H groups in total. The number of hydrogen-bond acceptors (Lipinski definition) is 5. The Hall–Kier alpha value is -1.88. The van der Waals surface area contributed by atoms with Crippen LogP contribution in [0.4, 0.5) is 0 Å². The molecule has 0 aliphatic carbocycles. The number of ether oxygens (including phenoxy) is 2. The van der Waals surface area contributed by atoms with Crippen molar-refractivity contribution in [2.45, 2.75) is 32.8 Å². The minimum absolute atomic E-state index is 0.0582. The van der Waals surface area contributed by atoms with Gasteiger partial charge >= 0.3 is 0 Å². The highest BCUT2D eigenvalue weighted by Crippen LogP contribution is 2.38. The summed E-state index contributed by atoms with van der Waals surface area (Å²) in [6.07, 6.45) is 1.64. The van der Waals surface area contributed by atoms with E-state index in [1.807, 2.05) is 24.3 Å². The van der Waals surface area contributed by atoms with Crippen molar-refractivity contribution in [3.63, 3.8) is 0 Å². The van der Waals surface area contributed by atoms with Crippen LogP contribution in [0.2, 0.25) is 0 Å². The van der Waals surface area contributed by atoms with Gasteiger partial charge < -0.3 is 14.0 Å². The van der Waals surface area contributed by atoms with Gasteiger partial charge in [0, 0.05) is 13.0 Å². The van der Waals surface area contributed by atoms with Gasteiger partial charge in [0.15, 0.2) is 5.82 Å². The van der Waals surface area contributed by atoms with Gasteiger partial charge in [0.1, 0.15) is 11.9 Å². The smallest absolute Gasteiger partial charge is 0.256 e. The second kappa shape index (κ2) is 6.48. The van der Waals surface area contributed by atoms with Crippen LogP contribution in [0.3, 0.4) is 0 Å². The number of aromatic nitrogens is 2. The molecule has 2 heterocycles. The van der Waals surface area contributed by atoms with Crippen LogP contribution in [-0.4, -0.2) is 23.9 Å². The molecular weight excluding hydrogens is 280 g/mol. The van der Waals surface area contributed by atoms with Gasteiger partial charge in [-0.2, -0.15) is 4.98 Å². The van der Waals surface area contributed by atoms with Gasteiger partial charge in [0.25, 0.3) is 5.89 Å². The van der Waals surface area contributed by atoms with Crippen LogP contribution in [0.15, 0.2) is 28.8 Å². The SMILES string of the molecule is COc1ccc(Cc2noc([C@H]3OCC[C@H]3C(C)C)n2)cc1. The van der Waals surface area contributed by atoms with E-state index in [0.717, 1.165) is 24.3 Å². The van der Waals surface area contributed by atoms with Crippen molar-refractivity contribution >= 4 is 0 Å². The lowest BCUT2D eigenvalue weighted by molar-refractivity contribution is 0.0519. The molecule has 0 radical (unpaired) electrons. The van der Waals surface area contributed by atoms with Crippen molar-refractivity contribution in [3.8, 4) is 5.75 Å². The van der Waals surface area contributed by atoms with Crippen LogP contribution in [0.1, 0.15) is 43.7 Å². The third-order valence-corrected chi connectivity index (χ3v) is 4.24. The highest BCUT2D eigenvalue weighted by molar-refractivity contribution is 5.28. The lowest BCUT2D eigenvalue weighted by atomic mass is 9.89. The molecule has 5 heteroatoms. The van der Waals surface area contributed by atoms with Crippen LogP contribution >= 0.6 is 0 Å². The van der Waals surface area contributed by atoms with Crippen molar-refractivity contribution in [2.24, 2.45) is 11.8 Å². The van der Waals surface area contributed by atoms with E-state index in [2.05, 4.69) is 24.0 Å². The largest absolute Gasteiger partial charge is 0.497 e. The Morgan fingerprint density at radius 2 is 2.05 bits per heavy atom. The predicted molar refractivity (Wildman–Crippen MR) is 81.7 cm³/mol. The van der Waals surface area contributed by atoms with Gasteiger partial charge in [-0.3, -0.25) is 0 Å². The van der Waals surface area contributed by atoms with Crippen molar-refractivity contribution in [3.05, 3.63) is 41.5 Å². The summed E-state index contributed by atoms with van der Waals surface area (Å²) in [6.45, 7) is 5.19. The summed E-state index contributed by atoms with van der Waals surface area (Å²) in [5.41, 5.74) is 1.13. The maximum Gasteiger partial charge on any atom is 0.256 e. The van der Waals surface area contributed by atoms with Crippen molar-refractivity contribution in [2.75, 3.05) is 13.7 Å². The van der Waals surface area contributed by atoms with Gasteiger partial charge in [-0.1, -0.05) is 31.1 Å². The van der Waals surface area contributed by atoms with Crippen LogP contribution in [-0.2, 0) is 11.2 Å². The molecule has 1 fully saturated rings. The average Bonchev–Trinajstić information content (AvgIpc) is 3.16. The summed E-state index contributed by atoms with van der Waals surface area (Å²) in [4.78, 5) is 4.53. The van der Waals surface area contributed by atoms with Crippen LogP contribution in [0.25, 0.3) is 0 Å². The molecule has 1 aliphatic heterocycles. The fourth-order valence-electron chi connectivity index (χ4n) is 2.92. The first kappa shape index (κ1) is 15.0. The van der Waals surface area contributed by atoms with Crippen LogP contribution in [0, 0.1) is 11.8 Å². The first-order valence-electron chi connectivity index (χ1n) is 7.74. The Kier molecular flexibility index (Phi) is 4.43. The van der Waals surface area contributed by atoms with Gasteiger partial charge in [-0.25, -0.2) is 0 Å². The summed E-state index contributed by atoms with van der Waals surface area (Å²) in [7, 11) is 1.66. The minimum atomic E-state index is -0.0582. The zero-order valence-electron chi connectivity index (χ0n) is 13.3. The van der Waals surface area contributed by atoms with Gasteiger partial charge in [0.05, 0.1) is 7.11 Å². The standard InChI is InChI=1S/C17H22N2O3/c1-11(2)14-8-9-21-16(14)17-18-15(19-22-17)10-12-4-6-13(20-3)7-5-12/h4-7,11,14,16H,8-10H2,1-3H3/t14-,16-/m0/s1. The number of rotatable bonds is 5. The Labute approximate surface area is 130 Å². The topological polar surface area (TPSA) is 57.4 Å². The molecule has 5 nitrogen and oxygen atoms in total. The van der Waals surface area contributed by atoms with E-state index in [9.17, 15) is 0 Å². The van der Waals surface area contributed by atoms with Crippen LogP contribution < -0.4 is 4.74 Å². The lowest BCUT2D eigenvalue weighted by Gasteiger charge is -2.18. The molecule has 22 heavy (non-hydrogen) atoms. The maximum absolute atomic E-state index is 5.79. The first-order valence-corrected chi connectivity index (χ1v) is 7.74. The quantitative estimate of drug-likeness (QED) is 0.847. The third-order valence-electron chi connectivity index (χ3n) is 4.24. The summed E-state index contributed by atoms with van der Waals surface area (Å²) < 4.78 is 16.4. The number of nitrogens with zero attached hydrogens (tertiary/aromatic N) is 2. The molecule has 0 saturated carbocycles. The molecule has 0 amide bonds. The normalized spacial score (nSPS) is 21.5. The fraction of sp³-hybridized carbons (Fsp3) is 0.529. The molecule has 118 valence electrons. The molecule has 1 aliphatic rings. The molecule has 0 bridgehead atoms. The Morgan fingerprint density at radius 3 is 2.73 bits per heavy atom. The van der Waals surface area contributed by atoms with E-state index in [0.29, 0.717) is 30.0 Å². The summed E-state index contributed by atoms with van der Waals surface area (Å²) in [6, 6.07) is 7.89. The monoisotopic (exact) mass is 302 g/mol. The third kappa shape index (κ3) is 3.14. The summed E-state index contributed by atoms with van der Waals surface area (Å²) in [5.74, 6) is 3.15. The van der Waals surface area contributed by atoms with E-state index < -0.39 is 0 Å². The molecule has 0 unspecified atom stereocenters. The number of benzene rings is 1. The van der Waals surface area contributed by atoms with Gasteiger partial charge in [0.2, 0.25) is 0 Å². The second-order valence-corrected chi connectivity index (χ2v) is 6.06. The Balaban J connectivity index is 1.70. The summed E-state index contributed by atoms with van der Waals surface area (Å²) in [5, 5.41) is 4.10. The zero-order chi connectivity index (χ0) is 15.5. The molecule has 3 rings (SSSR count).